The van der Waals surface area contributed by atoms with Crippen LogP contribution in [0.4, 0.5) is 0 Å². The van der Waals surface area contributed by atoms with Gasteiger partial charge in [0, 0.05) is 19.0 Å². The van der Waals surface area contributed by atoms with E-state index in [1.807, 2.05) is 4.90 Å². The molecule has 96 valence electrons. The summed E-state index contributed by atoms with van der Waals surface area (Å²) in [4.78, 5) is 14.1. The van der Waals surface area contributed by atoms with Crippen LogP contribution in [0.25, 0.3) is 0 Å². The lowest BCUT2D eigenvalue weighted by Gasteiger charge is -2.24. The Morgan fingerprint density at radius 3 is 2.06 bits per heavy atom. The van der Waals surface area contributed by atoms with Crippen molar-refractivity contribution < 1.29 is 4.79 Å². The van der Waals surface area contributed by atoms with Crippen LogP contribution in [0.5, 0.6) is 0 Å². The van der Waals surface area contributed by atoms with Crippen LogP contribution in [0.1, 0.15) is 66.2 Å². The van der Waals surface area contributed by atoms with Crippen molar-refractivity contribution in [2.24, 2.45) is 5.92 Å². The lowest BCUT2D eigenvalue weighted by molar-refractivity contribution is -0.135. The van der Waals surface area contributed by atoms with Crippen LogP contribution in [0, 0.1) is 5.92 Å². The smallest absolute Gasteiger partial charge is 0.225 e. The fraction of sp³-hybridized carbons (Fsp3) is 0.929. The van der Waals surface area contributed by atoms with Crippen LogP contribution in [-0.4, -0.2) is 23.9 Å². The summed E-state index contributed by atoms with van der Waals surface area (Å²) in [5.74, 6) is 0.626. The van der Waals surface area contributed by atoms with Gasteiger partial charge in [0.1, 0.15) is 0 Å². The van der Waals surface area contributed by atoms with E-state index in [1.54, 1.807) is 0 Å². The SMILES string of the molecule is CCCCCCC(CC)C(=O)N(CC)CC. The largest absolute Gasteiger partial charge is 0.343 e. The second-order valence-electron chi connectivity index (χ2n) is 4.47. The number of amides is 1. The first-order valence-corrected chi connectivity index (χ1v) is 6.99. The van der Waals surface area contributed by atoms with Gasteiger partial charge in [-0.05, 0) is 26.7 Å². The van der Waals surface area contributed by atoms with Crippen LogP contribution >= 0.6 is 0 Å². The fourth-order valence-electron chi connectivity index (χ4n) is 2.11. The number of rotatable bonds is 9. The van der Waals surface area contributed by atoms with Crippen molar-refractivity contribution in [1.82, 2.24) is 4.90 Å². The normalized spacial score (nSPS) is 12.5. The summed E-state index contributed by atoms with van der Waals surface area (Å²) in [5.41, 5.74) is 0. The third-order valence-corrected chi connectivity index (χ3v) is 3.32. The first-order valence-electron chi connectivity index (χ1n) is 6.99. The first-order chi connectivity index (χ1) is 7.71. The van der Waals surface area contributed by atoms with Crippen molar-refractivity contribution in [2.45, 2.75) is 66.2 Å². The van der Waals surface area contributed by atoms with E-state index in [0.29, 0.717) is 5.91 Å². The number of unbranched alkanes of at least 4 members (excludes halogenated alkanes) is 3. The number of carbonyl (C=O) groups is 1. The van der Waals surface area contributed by atoms with E-state index >= 15 is 0 Å². The summed E-state index contributed by atoms with van der Waals surface area (Å²) < 4.78 is 0. The Labute approximate surface area is 101 Å². The minimum absolute atomic E-state index is 0.261. The molecule has 0 fully saturated rings. The molecule has 1 atom stereocenters. The molecule has 0 radical (unpaired) electrons. The van der Waals surface area contributed by atoms with Crippen molar-refractivity contribution in [3.05, 3.63) is 0 Å². The molecule has 0 spiro atoms. The number of carbonyl (C=O) groups excluding carboxylic acids is 1. The predicted molar refractivity (Wildman–Crippen MR) is 70.5 cm³/mol. The van der Waals surface area contributed by atoms with E-state index in [4.69, 9.17) is 0 Å². The van der Waals surface area contributed by atoms with Crippen molar-refractivity contribution in [3.63, 3.8) is 0 Å². The minimum Gasteiger partial charge on any atom is -0.343 e. The molecule has 0 aliphatic heterocycles. The number of nitrogens with zero attached hydrogens (tertiary/aromatic N) is 1. The molecule has 0 saturated heterocycles. The van der Waals surface area contributed by atoms with E-state index in [-0.39, 0.29) is 5.92 Å². The maximum atomic E-state index is 12.1. The van der Waals surface area contributed by atoms with Gasteiger partial charge in [-0.3, -0.25) is 4.79 Å². The zero-order valence-electron chi connectivity index (χ0n) is 11.6. The maximum Gasteiger partial charge on any atom is 0.225 e. The van der Waals surface area contributed by atoms with E-state index in [0.717, 1.165) is 25.9 Å². The monoisotopic (exact) mass is 227 g/mol. The highest BCUT2D eigenvalue weighted by Crippen LogP contribution is 2.17. The first kappa shape index (κ1) is 15.5. The summed E-state index contributed by atoms with van der Waals surface area (Å²) in [6.45, 7) is 10.2. The van der Waals surface area contributed by atoms with Gasteiger partial charge in [-0.2, -0.15) is 0 Å². The molecule has 0 aromatic heterocycles. The molecular weight excluding hydrogens is 198 g/mol. The van der Waals surface area contributed by atoms with Crippen LogP contribution in [0.3, 0.4) is 0 Å². The fourth-order valence-corrected chi connectivity index (χ4v) is 2.11. The maximum absolute atomic E-state index is 12.1. The molecule has 16 heavy (non-hydrogen) atoms. The van der Waals surface area contributed by atoms with Gasteiger partial charge in [-0.25, -0.2) is 0 Å². The molecule has 2 nitrogen and oxygen atoms in total. The van der Waals surface area contributed by atoms with Crippen LogP contribution in [0.2, 0.25) is 0 Å². The summed E-state index contributed by atoms with van der Waals surface area (Å²) in [5, 5.41) is 0. The lowest BCUT2D eigenvalue weighted by atomic mass is 9.96. The molecule has 0 aliphatic rings. The molecule has 0 rings (SSSR count). The van der Waals surface area contributed by atoms with Gasteiger partial charge in [-0.15, -0.1) is 0 Å². The summed E-state index contributed by atoms with van der Waals surface area (Å²) in [6.07, 6.45) is 7.11. The molecule has 0 heterocycles. The van der Waals surface area contributed by atoms with Gasteiger partial charge in [0.25, 0.3) is 0 Å². The van der Waals surface area contributed by atoms with Gasteiger partial charge in [0.2, 0.25) is 5.91 Å². The standard InChI is InChI=1S/C14H29NO/c1-5-9-10-11-12-13(6-2)14(16)15(7-3)8-4/h13H,5-12H2,1-4H3. The van der Waals surface area contributed by atoms with Gasteiger partial charge >= 0.3 is 0 Å². The minimum atomic E-state index is 0.261. The second-order valence-corrected chi connectivity index (χ2v) is 4.47. The van der Waals surface area contributed by atoms with Crippen molar-refractivity contribution in [1.29, 1.82) is 0 Å². The summed E-state index contributed by atoms with van der Waals surface area (Å²) in [6, 6.07) is 0. The molecule has 1 unspecified atom stereocenters. The number of hydrogen-bond acceptors (Lipinski definition) is 1. The zero-order chi connectivity index (χ0) is 12.4. The van der Waals surface area contributed by atoms with Crippen LogP contribution in [-0.2, 0) is 4.79 Å². The quantitative estimate of drug-likeness (QED) is 0.548. The summed E-state index contributed by atoms with van der Waals surface area (Å²) in [7, 11) is 0. The lowest BCUT2D eigenvalue weighted by Crippen LogP contribution is -2.35. The van der Waals surface area contributed by atoms with E-state index in [1.165, 1.54) is 25.7 Å². The zero-order valence-corrected chi connectivity index (χ0v) is 11.6. The van der Waals surface area contributed by atoms with E-state index in [9.17, 15) is 4.79 Å². The molecule has 0 N–H and O–H groups in total. The molecule has 1 amide bonds. The Morgan fingerprint density at radius 1 is 1.00 bits per heavy atom. The van der Waals surface area contributed by atoms with Gasteiger partial charge in [0.15, 0.2) is 0 Å². The van der Waals surface area contributed by atoms with Crippen molar-refractivity contribution in [3.8, 4) is 0 Å². The highest BCUT2D eigenvalue weighted by molar-refractivity contribution is 5.78. The van der Waals surface area contributed by atoms with E-state index < -0.39 is 0 Å². The molecule has 0 aromatic carbocycles. The second kappa shape index (κ2) is 9.68. The number of hydrogen-bond donors (Lipinski definition) is 0. The van der Waals surface area contributed by atoms with Gasteiger partial charge in [0.05, 0.1) is 0 Å². The average Bonchev–Trinajstić information content (AvgIpc) is 2.30. The molecule has 0 saturated carbocycles. The highest BCUT2D eigenvalue weighted by Gasteiger charge is 2.19. The Morgan fingerprint density at radius 2 is 1.62 bits per heavy atom. The molecule has 0 bridgehead atoms. The average molecular weight is 227 g/mol. The molecule has 0 aliphatic carbocycles. The van der Waals surface area contributed by atoms with Crippen molar-refractivity contribution in [2.75, 3.05) is 13.1 Å². The Kier molecular flexibility index (Phi) is 9.36. The summed E-state index contributed by atoms with van der Waals surface area (Å²) >= 11 is 0. The third-order valence-electron chi connectivity index (χ3n) is 3.32. The van der Waals surface area contributed by atoms with Crippen molar-refractivity contribution >= 4 is 5.91 Å². The molecule has 2 heteroatoms. The van der Waals surface area contributed by atoms with Crippen LogP contribution < -0.4 is 0 Å². The predicted octanol–water partition coefficient (Wildman–Crippen LogP) is 3.85. The Balaban J connectivity index is 4.00. The Hall–Kier alpha value is -0.530. The van der Waals surface area contributed by atoms with Crippen LogP contribution in [0.15, 0.2) is 0 Å². The van der Waals surface area contributed by atoms with Gasteiger partial charge in [-0.1, -0.05) is 39.5 Å². The molecule has 0 aromatic rings. The van der Waals surface area contributed by atoms with E-state index in [2.05, 4.69) is 27.7 Å². The highest BCUT2D eigenvalue weighted by atomic mass is 16.2. The topological polar surface area (TPSA) is 20.3 Å². The Bertz CT molecular complexity index is 176. The molecular formula is C14H29NO. The third kappa shape index (κ3) is 5.53. The van der Waals surface area contributed by atoms with Gasteiger partial charge < -0.3 is 4.90 Å².